The van der Waals surface area contributed by atoms with Gasteiger partial charge in [0.1, 0.15) is 0 Å². The molecule has 2 heterocycles. The SMILES string of the molecule is Cc1cc(C(=O)N2CCOCC2)sc1C#CCN. The van der Waals surface area contributed by atoms with Gasteiger partial charge in [-0.3, -0.25) is 4.79 Å². The quantitative estimate of drug-likeness (QED) is 0.765. The predicted molar refractivity (Wildman–Crippen MR) is 71.7 cm³/mol. The molecule has 0 spiro atoms. The number of carbonyl (C=O) groups is 1. The van der Waals surface area contributed by atoms with Crippen LogP contribution in [0.4, 0.5) is 0 Å². The highest BCUT2D eigenvalue weighted by Gasteiger charge is 2.20. The Morgan fingerprint density at radius 3 is 2.94 bits per heavy atom. The number of morpholine rings is 1. The zero-order valence-corrected chi connectivity index (χ0v) is 11.2. The van der Waals surface area contributed by atoms with Gasteiger partial charge in [-0.2, -0.15) is 0 Å². The van der Waals surface area contributed by atoms with Crippen LogP contribution in [0, 0.1) is 18.8 Å². The molecule has 96 valence electrons. The average Bonchev–Trinajstić information content (AvgIpc) is 2.78. The molecule has 0 atom stereocenters. The highest BCUT2D eigenvalue weighted by Crippen LogP contribution is 2.22. The van der Waals surface area contributed by atoms with E-state index in [1.54, 1.807) is 0 Å². The Labute approximate surface area is 111 Å². The fraction of sp³-hybridized carbons (Fsp3) is 0.462. The summed E-state index contributed by atoms with van der Waals surface area (Å²) in [6, 6.07) is 1.91. The summed E-state index contributed by atoms with van der Waals surface area (Å²) in [4.78, 5) is 15.7. The normalized spacial score (nSPS) is 15.1. The van der Waals surface area contributed by atoms with E-state index in [1.807, 2.05) is 17.9 Å². The Hall–Kier alpha value is -1.35. The first-order valence-corrected chi connectivity index (χ1v) is 6.70. The van der Waals surface area contributed by atoms with Crippen molar-refractivity contribution in [2.24, 2.45) is 5.73 Å². The monoisotopic (exact) mass is 264 g/mol. The summed E-state index contributed by atoms with van der Waals surface area (Å²) in [7, 11) is 0. The number of rotatable bonds is 1. The molecular weight excluding hydrogens is 248 g/mol. The number of ether oxygens (including phenoxy) is 1. The van der Waals surface area contributed by atoms with Crippen molar-refractivity contribution in [3.63, 3.8) is 0 Å². The van der Waals surface area contributed by atoms with Gasteiger partial charge < -0.3 is 15.4 Å². The first-order chi connectivity index (χ1) is 8.72. The van der Waals surface area contributed by atoms with E-state index in [9.17, 15) is 4.79 Å². The summed E-state index contributed by atoms with van der Waals surface area (Å²) in [5, 5.41) is 0. The fourth-order valence-electron chi connectivity index (χ4n) is 1.77. The second-order valence-corrected chi connectivity index (χ2v) is 5.09. The summed E-state index contributed by atoms with van der Waals surface area (Å²) in [6.07, 6.45) is 0. The van der Waals surface area contributed by atoms with Crippen LogP contribution in [-0.4, -0.2) is 43.7 Å². The van der Waals surface area contributed by atoms with Gasteiger partial charge in [0.2, 0.25) is 0 Å². The second kappa shape index (κ2) is 6.01. The zero-order valence-electron chi connectivity index (χ0n) is 10.4. The number of nitrogens with two attached hydrogens (primary N) is 1. The van der Waals surface area contributed by atoms with Crippen molar-refractivity contribution < 1.29 is 9.53 Å². The van der Waals surface area contributed by atoms with Gasteiger partial charge in [0.25, 0.3) is 5.91 Å². The van der Waals surface area contributed by atoms with E-state index in [0.29, 0.717) is 32.8 Å². The number of hydrogen-bond donors (Lipinski definition) is 1. The Morgan fingerprint density at radius 2 is 2.28 bits per heavy atom. The lowest BCUT2D eigenvalue weighted by Crippen LogP contribution is -2.40. The van der Waals surface area contributed by atoms with Crippen molar-refractivity contribution in [3.8, 4) is 11.8 Å². The van der Waals surface area contributed by atoms with Crippen LogP contribution in [0.3, 0.4) is 0 Å². The molecule has 1 aliphatic rings. The molecule has 0 radical (unpaired) electrons. The molecule has 0 saturated carbocycles. The first-order valence-electron chi connectivity index (χ1n) is 5.88. The second-order valence-electron chi connectivity index (χ2n) is 4.03. The molecule has 18 heavy (non-hydrogen) atoms. The summed E-state index contributed by atoms with van der Waals surface area (Å²) in [5.74, 6) is 5.90. The number of carbonyl (C=O) groups excluding carboxylic acids is 1. The van der Waals surface area contributed by atoms with E-state index in [-0.39, 0.29) is 5.91 Å². The van der Waals surface area contributed by atoms with E-state index in [4.69, 9.17) is 10.5 Å². The molecule has 0 aromatic carbocycles. The number of nitrogens with zero attached hydrogens (tertiary/aromatic N) is 1. The lowest BCUT2D eigenvalue weighted by Gasteiger charge is -2.26. The zero-order chi connectivity index (χ0) is 13.0. The maximum Gasteiger partial charge on any atom is 0.264 e. The maximum atomic E-state index is 12.2. The minimum absolute atomic E-state index is 0.0761. The van der Waals surface area contributed by atoms with Crippen LogP contribution >= 0.6 is 11.3 Å². The van der Waals surface area contributed by atoms with Crippen LogP contribution < -0.4 is 5.73 Å². The molecule has 0 unspecified atom stereocenters. The molecule has 2 N–H and O–H groups in total. The molecule has 1 aromatic rings. The molecule has 2 rings (SSSR count). The minimum atomic E-state index is 0.0761. The molecule has 0 aliphatic carbocycles. The summed E-state index contributed by atoms with van der Waals surface area (Å²) in [5.41, 5.74) is 6.39. The van der Waals surface area contributed by atoms with Gasteiger partial charge in [-0.15, -0.1) is 11.3 Å². The van der Waals surface area contributed by atoms with Crippen molar-refractivity contribution in [3.05, 3.63) is 21.4 Å². The van der Waals surface area contributed by atoms with Crippen molar-refractivity contribution in [2.45, 2.75) is 6.92 Å². The standard InChI is InChI=1S/C13H16N2O2S/c1-10-9-12(18-11(10)3-2-4-14)13(16)15-5-7-17-8-6-15/h9H,4-8,14H2,1H3. The van der Waals surface area contributed by atoms with Gasteiger partial charge in [-0.25, -0.2) is 0 Å². The van der Waals surface area contributed by atoms with E-state index in [1.165, 1.54) is 11.3 Å². The molecule has 4 nitrogen and oxygen atoms in total. The predicted octanol–water partition coefficient (Wildman–Crippen LogP) is 0.839. The minimum Gasteiger partial charge on any atom is -0.378 e. The first kappa shape index (κ1) is 13.1. The Kier molecular flexibility index (Phi) is 4.37. The van der Waals surface area contributed by atoms with Gasteiger partial charge in [0.05, 0.1) is 29.5 Å². The number of amides is 1. The van der Waals surface area contributed by atoms with Crippen molar-refractivity contribution in [1.82, 2.24) is 4.90 Å². The maximum absolute atomic E-state index is 12.2. The third-order valence-electron chi connectivity index (χ3n) is 2.73. The van der Waals surface area contributed by atoms with E-state index in [2.05, 4.69) is 11.8 Å². The highest BCUT2D eigenvalue weighted by molar-refractivity contribution is 7.14. The number of hydrogen-bond acceptors (Lipinski definition) is 4. The Balaban J connectivity index is 2.15. The third-order valence-corrected chi connectivity index (χ3v) is 3.87. The van der Waals surface area contributed by atoms with Crippen LogP contribution in [0.1, 0.15) is 20.1 Å². The molecular formula is C13H16N2O2S. The van der Waals surface area contributed by atoms with Crippen LogP contribution in [0.5, 0.6) is 0 Å². The van der Waals surface area contributed by atoms with Gasteiger partial charge >= 0.3 is 0 Å². The van der Waals surface area contributed by atoms with E-state index in [0.717, 1.165) is 15.3 Å². The van der Waals surface area contributed by atoms with Crippen LogP contribution in [0.2, 0.25) is 0 Å². The van der Waals surface area contributed by atoms with Gasteiger partial charge in [0, 0.05) is 13.1 Å². The summed E-state index contributed by atoms with van der Waals surface area (Å²) in [6.45, 7) is 4.88. The summed E-state index contributed by atoms with van der Waals surface area (Å²) >= 11 is 1.44. The third kappa shape index (κ3) is 2.91. The molecule has 1 amide bonds. The van der Waals surface area contributed by atoms with Gasteiger partial charge in [-0.1, -0.05) is 11.8 Å². The van der Waals surface area contributed by atoms with Gasteiger partial charge in [0.15, 0.2) is 0 Å². The lowest BCUT2D eigenvalue weighted by molar-refractivity contribution is 0.0306. The van der Waals surface area contributed by atoms with E-state index >= 15 is 0 Å². The molecule has 0 bridgehead atoms. The Morgan fingerprint density at radius 1 is 1.56 bits per heavy atom. The van der Waals surface area contributed by atoms with Crippen molar-refractivity contribution >= 4 is 17.2 Å². The number of aryl methyl sites for hydroxylation is 1. The van der Waals surface area contributed by atoms with E-state index < -0.39 is 0 Å². The molecule has 1 saturated heterocycles. The average molecular weight is 264 g/mol. The van der Waals surface area contributed by atoms with Crippen LogP contribution in [0.25, 0.3) is 0 Å². The molecule has 1 aliphatic heterocycles. The molecule has 1 fully saturated rings. The number of thiophene rings is 1. The lowest BCUT2D eigenvalue weighted by atomic mass is 10.2. The Bertz CT molecular complexity index is 493. The van der Waals surface area contributed by atoms with Crippen molar-refractivity contribution in [1.29, 1.82) is 0 Å². The topological polar surface area (TPSA) is 55.6 Å². The molecule has 1 aromatic heterocycles. The van der Waals surface area contributed by atoms with Crippen LogP contribution in [0.15, 0.2) is 6.07 Å². The molecule has 5 heteroatoms. The largest absolute Gasteiger partial charge is 0.378 e. The highest BCUT2D eigenvalue weighted by atomic mass is 32.1. The van der Waals surface area contributed by atoms with Crippen LogP contribution in [-0.2, 0) is 4.74 Å². The van der Waals surface area contributed by atoms with Crippen molar-refractivity contribution in [2.75, 3.05) is 32.8 Å². The summed E-state index contributed by atoms with van der Waals surface area (Å²) < 4.78 is 5.24. The fourth-order valence-corrected chi connectivity index (χ4v) is 2.78. The van der Waals surface area contributed by atoms with Gasteiger partial charge in [-0.05, 0) is 18.6 Å². The smallest absolute Gasteiger partial charge is 0.264 e.